The van der Waals surface area contributed by atoms with Crippen LogP contribution in [0.4, 0.5) is 5.69 Å². The van der Waals surface area contributed by atoms with E-state index in [0.29, 0.717) is 30.1 Å². The highest BCUT2D eigenvalue weighted by molar-refractivity contribution is 7.89. The SMILES string of the molecule is CCN(CC)S(=O)(=O)c1ccc(NC(=O)Cc2noc3c(C)cc(C)cc23)cc1. The van der Waals surface area contributed by atoms with Gasteiger partial charge in [0.1, 0.15) is 5.69 Å². The molecule has 0 unspecified atom stereocenters. The van der Waals surface area contributed by atoms with E-state index in [1.807, 2.05) is 26.0 Å². The molecule has 2 aromatic carbocycles. The number of aromatic nitrogens is 1. The van der Waals surface area contributed by atoms with Crippen LogP contribution in [0.3, 0.4) is 0 Å². The molecule has 0 saturated carbocycles. The largest absolute Gasteiger partial charge is 0.356 e. The summed E-state index contributed by atoms with van der Waals surface area (Å²) in [5.41, 5.74) is 3.83. The van der Waals surface area contributed by atoms with E-state index < -0.39 is 10.0 Å². The third kappa shape index (κ3) is 4.33. The minimum Gasteiger partial charge on any atom is -0.356 e. The summed E-state index contributed by atoms with van der Waals surface area (Å²) in [7, 11) is -3.52. The number of aryl methyl sites for hydroxylation is 2. The molecule has 1 amide bonds. The highest BCUT2D eigenvalue weighted by Gasteiger charge is 2.21. The fourth-order valence-electron chi connectivity index (χ4n) is 3.35. The van der Waals surface area contributed by atoms with Crippen molar-refractivity contribution in [3.05, 3.63) is 53.2 Å². The number of hydrogen-bond acceptors (Lipinski definition) is 5. The monoisotopic (exact) mass is 415 g/mol. The van der Waals surface area contributed by atoms with Crippen LogP contribution in [-0.2, 0) is 21.2 Å². The third-order valence-electron chi connectivity index (χ3n) is 4.79. The highest BCUT2D eigenvalue weighted by atomic mass is 32.2. The Morgan fingerprint density at radius 3 is 2.38 bits per heavy atom. The van der Waals surface area contributed by atoms with E-state index in [1.165, 1.54) is 16.4 Å². The smallest absolute Gasteiger partial charge is 0.243 e. The van der Waals surface area contributed by atoms with Gasteiger partial charge in [-0.05, 0) is 55.3 Å². The number of rotatable bonds is 7. The normalized spacial score (nSPS) is 11.9. The van der Waals surface area contributed by atoms with Gasteiger partial charge in [-0.3, -0.25) is 4.79 Å². The number of carbonyl (C=O) groups is 1. The molecule has 3 rings (SSSR count). The zero-order chi connectivity index (χ0) is 21.2. The van der Waals surface area contributed by atoms with Crippen molar-refractivity contribution in [2.45, 2.75) is 39.0 Å². The van der Waals surface area contributed by atoms with Crippen LogP contribution in [0.25, 0.3) is 11.0 Å². The molecule has 1 N–H and O–H groups in total. The van der Waals surface area contributed by atoms with Crippen molar-refractivity contribution in [3.8, 4) is 0 Å². The average Bonchev–Trinajstić information content (AvgIpc) is 3.05. The molecule has 1 heterocycles. The lowest BCUT2D eigenvalue weighted by molar-refractivity contribution is -0.115. The second kappa shape index (κ2) is 8.34. The number of amides is 1. The third-order valence-corrected chi connectivity index (χ3v) is 6.85. The van der Waals surface area contributed by atoms with E-state index in [9.17, 15) is 13.2 Å². The maximum atomic E-state index is 12.5. The summed E-state index contributed by atoms with van der Waals surface area (Å²) >= 11 is 0. The van der Waals surface area contributed by atoms with Crippen molar-refractivity contribution in [2.75, 3.05) is 18.4 Å². The molecule has 0 aliphatic carbocycles. The molecule has 0 bridgehead atoms. The van der Waals surface area contributed by atoms with Crippen LogP contribution in [0.5, 0.6) is 0 Å². The Balaban J connectivity index is 1.74. The second-order valence-corrected chi connectivity index (χ2v) is 8.86. The highest BCUT2D eigenvalue weighted by Crippen LogP contribution is 2.24. The Morgan fingerprint density at radius 1 is 1.10 bits per heavy atom. The van der Waals surface area contributed by atoms with Gasteiger partial charge in [-0.1, -0.05) is 25.1 Å². The summed E-state index contributed by atoms with van der Waals surface area (Å²) in [4.78, 5) is 12.7. The second-order valence-electron chi connectivity index (χ2n) is 6.93. The number of nitrogens with zero attached hydrogens (tertiary/aromatic N) is 2. The summed E-state index contributed by atoms with van der Waals surface area (Å²) in [6.45, 7) is 8.33. The molecule has 154 valence electrons. The van der Waals surface area contributed by atoms with Crippen LogP contribution in [0.2, 0.25) is 0 Å². The number of sulfonamides is 1. The van der Waals surface area contributed by atoms with Crippen LogP contribution in [-0.4, -0.2) is 36.9 Å². The zero-order valence-corrected chi connectivity index (χ0v) is 17.8. The van der Waals surface area contributed by atoms with E-state index in [-0.39, 0.29) is 17.2 Å². The first-order valence-electron chi connectivity index (χ1n) is 9.51. The van der Waals surface area contributed by atoms with Gasteiger partial charge in [-0.2, -0.15) is 4.31 Å². The maximum Gasteiger partial charge on any atom is 0.243 e. The summed E-state index contributed by atoms with van der Waals surface area (Å²) in [6.07, 6.45) is 0.0649. The minimum absolute atomic E-state index is 0.0649. The first-order chi connectivity index (χ1) is 13.8. The van der Waals surface area contributed by atoms with Crippen LogP contribution in [0.15, 0.2) is 45.8 Å². The van der Waals surface area contributed by atoms with Gasteiger partial charge < -0.3 is 9.84 Å². The van der Waals surface area contributed by atoms with Gasteiger partial charge in [0.2, 0.25) is 15.9 Å². The quantitative estimate of drug-likeness (QED) is 0.636. The molecular weight excluding hydrogens is 390 g/mol. The van der Waals surface area contributed by atoms with Crippen molar-refractivity contribution >= 4 is 32.6 Å². The lowest BCUT2D eigenvalue weighted by Gasteiger charge is -2.18. The molecular formula is C21H25N3O4S. The number of fused-ring (bicyclic) bond motifs is 1. The Hall–Kier alpha value is -2.71. The van der Waals surface area contributed by atoms with Crippen LogP contribution < -0.4 is 5.32 Å². The molecule has 0 saturated heterocycles. The molecule has 0 aliphatic rings. The standard InChI is InChI=1S/C21H25N3O4S/c1-5-24(6-2)29(26,27)17-9-7-16(8-10-17)22-20(25)13-19-18-12-14(3)11-15(4)21(18)28-23-19/h7-12H,5-6,13H2,1-4H3,(H,22,25). The molecule has 0 spiro atoms. The van der Waals surface area contributed by atoms with Crippen molar-refractivity contribution in [3.63, 3.8) is 0 Å². The molecule has 0 fully saturated rings. The molecule has 3 aromatic rings. The van der Waals surface area contributed by atoms with Crippen molar-refractivity contribution in [2.24, 2.45) is 0 Å². The van der Waals surface area contributed by atoms with Crippen molar-refractivity contribution in [1.82, 2.24) is 9.46 Å². The van der Waals surface area contributed by atoms with Crippen molar-refractivity contribution < 1.29 is 17.7 Å². The molecule has 0 radical (unpaired) electrons. The molecule has 7 nitrogen and oxygen atoms in total. The first kappa shape index (κ1) is 21.0. The predicted octanol–water partition coefficient (Wildman–Crippen LogP) is 3.66. The predicted molar refractivity (Wildman–Crippen MR) is 112 cm³/mol. The van der Waals surface area contributed by atoms with Crippen LogP contribution in [0, 0.1) is 13.8 Å². The average molecular weight is 416 g/mol. The van der Waals surface area contributed by atoms with E-state index in [4.69, 9.17) is 4.52 Å². The number of carbonyl (C=O) groups excluding carboxylic acids is 1. The first-order valence-corrected chi connectivity index (χ1v) is 11.0. The number of benzene rings is 2. The van der Waals surface area contributed by atoms with Crippen molar-refractivity contribution in [1.29, 1.82) is 0 Å². The fraction of sp³-hybridized carbons (Fsp3) is 0.333. The molecule has 0 aliphatic heterocycles. The molecule has 8 heteroatoms. The molecule has 0 atom stereocenters. The topological polar surface area (TPSA) is 92.5 Å². The van der Waals surface area contributed by atoms with Gasteiger partial charge in [0.15, 0.2) is 5.58 Å². The van der Waals surface area contributed by atoms with Gasteiger partial charge >= 0.3 is 0 Å². The lowest BCUT2D eigenvalue weighted by atomic mass is 10.1. The van der Waals surface area contributed by atoms with E-state index in [1.54, 1.807) is 26.0 Å². The fourth-order valence-corrected chi connectivity index (χ4v) is 4.81. The van der Waals surface area contributed by atoms with Gasteiger partial charge in [-0.25, -0.2) is 8.42 Å². The number of anilines is 1. The molecule has 29 heavy (non-hydrogen) atoms. The lowest BCUT2D eigenvalue weighted by Crippen LogP contribution is -2.30. The Labute approximate surface area is 170 Å². The van der Waals surface area contributed by atoms with E-state index >= 15 is 0 Å². The zero-order valence-electron chi connectivity index (χ0n) is 17.0. The Bertz CT molecular complexity index is 1130. The van der Waals surface area contributed by atoms with Crippen LogP contribution >= 0.6 is 0 Å². The van der Waals surface area contributed by atoms with E-state index in [0.717, 1.165) is 16.5 Å². The maximum absolute atomic E-state index is 12.5. The number of nitrogens with one attached hydrogen (secondary N) is 1. The summed E-state index contributed by atoms with van der Waals surface area (Å²) in [6, 6.07) is 10.1. The van der Waals surface area contributed by atoms with Crippen LogP contribution in [0.1, 0.15) is 30.7 Å². The van der Waals surface area contributed by atoms with Gasteiger partial charge in [-0.15, -0.1) is 0 Å². The summed E-state index contributed by atoms with van der Waals surface area (Å²) in [5, 5.41) is 7.66. The van der Waals surface area contributed by atoms with E-state index in [2.05, 4.69) is 10.5 Å². The Morgan fingerprint density at radius 2 is 1.76 bits per heavy atom. The van der Waals surface area contributed by atoms with Gasteiger partial charge in [0, 0.05) is 24.2 Å². The molecule has 1 aromatic heterocycles. The summed E-state index contributed by atoms with van der Waals surface area (Å²) in [5.74, 6) is -0.251. The minimum atomic E-state index is -3.52. The van der Waals surface area contributed by atoms with Gasteiger partial charge in [0.05, 0.1) is 11.3 Å². The number of hydrogen-bond donors (Lipinski definition) is 1. The van der Waals surface area contributed by atoms with Gasteiger partial charge in [0.25, 0.3) is 0 Å². The Kier molecular flexibility index (Phi) is 6.04. The summed E-state index contributed by atoms with van der Waals surface area (Å²) < 4.78 is 31.8.